The van der Waals surface area contributed by atoms with Crippen LogP contribution in [0.15, 0.2) is 28.7 Å². The zero-order valence-corrected chi connectivity index (χ0v) is 10.6. The van der Waals surface area contributed by atoms with Crippen molar-refractivity contribution < 1.29 is 5.11 Å². The van der Waals surface area contributed by atoms with E-state index in [0.29, 0.717) is 5.92 Å². The van der Waals surface area contributed by atoms with E-state index in [-0.39, 0.29) is 0 Å². The van der Waals surface area contributed by atoms with Crippen LogP contribution < -0.4 is 0 Å². The minimum absolute atomic E-state index is 0.368. The van der Waals surface area contributed by atoms with Gasteiger partial charge >= 0.3 is 0 Å². The van der Waals surface area contributed by atoms with Crippen LogP contribution in [0.2, 0.25) is 0 Å². The van der Waals surface area contributed by atoms with Gasteiger partial charge in [-0.05, 0) is 36.5 Å². The molecule has 2 heteroatoms. The van der Waals surface area contributed by atoms with Crippen molar-refractivity contribution in [2.24, 2.45) is 5.92 Å². The summed E-state index contributed by atoms with van der Waals surface area (Å²) < 4.78 is 1.07. The fraction of sp³-hybridized carbons (Fsp3) is 0.538. The van der Waals surface area contributed by atoms with Crippen molar-refractivity contribution in [3.8, 4) is 0 Å². The van der Waals surface area contributed by atoms with Gasteiger partial charge in [0.25, 0.3) is 0 Å². The first-order valence-electron chi connectivity index (χ1n) is 5.61. The Bertz CT molecular complexity index is 333. The smallest absolute Gasteiger partial charge is 0.0921 e. The zero-order valence-electron chi connectivity index (χ0n) is 9.04. The van der Waals surface area contributed by atoms with Crippen LogP contribution in [-0.2, 0) is 5.60 Å². The van der Waals surface area contributed by atoms with Gasteiger partial charge in [0.05, 0.1) is 5.60 Å². The van der Waals surface area contributed by atoms with E-state index in [0.717, 1.165) is 29.3 Å². The molecular formula is C13H17BrO. The Hall–Kier alpha value is -0.340. The first-order chi connectivity index (χ1) is 7.13. The molecule has 15 heavy (non-hydrogen) atoms. The lowest BCUT2D eigenvalue weighted by molar-refractivity contribution is -0.0469. The lowest BCUT2D eigenvalue weighted by atomic mass is 9.72. The highest BCUT2D eigenvalue weighted by atomic mass is 79.9. The van der Waals surface area contributed by atoms with Gasteiger partial charge in [0.2, 0.25) is 0 Å². The van der Waals surface area contributed by atoms with Crippen molar-refractivity contribution in [3.05, 3.63) is 34.3 Å². The number of rotatable bonds is 1. The second-order valence-corrected chi connectivity index (χ2v) is 5.49. The molecule has 1 aliphatic carbocycles. The number of hydrogen-bond acceptors (Lipinski definition) is 1. The van der Waals surface area contributed by atoms with Crippen molar-refractivity contribution >= 4 is 15.9 Å². The van der Waals surface area contributed by atoms with E-state index in [1.54, 1.807) is 0 Å². The van der Waals surface area contributed by atoms with Crippen molar-refractivity contribution in [2.45, 2.75) is 38.2 Å². The Morgan fingerprint density at radius 2 is 1.93 bits per heavy atom. The quantitative estimate of drug-likeness (QED) is 0.821. The number of hydrogen-bond donors (Lipinski definition) is 1. The molecule has 0 aliphatic heterocycles. The van der Waals surface area contributed by atoms with Gasteiger partial charge in [0.15, 0.2) is 0 Å². The molecular weight excluding hydrogens is 252 g/mol. The molecule has 82 valence electrons. The minimum atomic E-state index is -0.598. The first kappa shape index (κ1) is 11.2. The molecule has 1 aliphatic rings. The molecule has 1 aromatic rings. The van der Waals surface area contributed by atoms with Crippen LogP contribution in [0.4, 0.5) is 0 Å². The lowest BCUT2D eigenvalue weighted by Gasteiger charge is -2.38. The van der Waals surface area contributed by atoms with Crippen LogP contribution in [0.25, 0.3) is 0 Å². The van der Waals surface area contributed by atoms with Crippen LogP contribution in [0.3, 0.4) is 0 Å². The van der Waals surface area contributed by atoms with E-state index in [1.165, 1.54) is 6.42 Å². The highest BCUT2D eigenvalue weighted by Gasteiger charge is 2.37. The number of benzene rings is 1. The molecule has 1 N–H and O–H groups in total. The van der Waals surface area contributed by atoms with E-state index in [1.807, 2.05) is 24.3 Å². The molecule has 0 spiro atoms. The molecule has 0 radical (unpaired) electrons. The molecule has 1 nitrogen and oxygen atoms in total. The lowest BCUT2D eigenvalue weighted by Crippen LogP contribution is -2.36. The van der Waals surface area contributed by atoms with Crippen molar-refractivity contribution in [2.75, 3.05) is 0 Å². The second-order valence-electron chi connectivity index (χ2n) is 4.58. The normalized spacial score (nSPS) is 31.5. The summed E-state index contributed by atoms with van der Waals surface area (Å²) in [4.78, 5) is 0. The summed E-state index contributed by atoms with van der Waals surface area (Å²) in [6.07, 6.45) is 4.42. The van der Waals surface area contributed by atoms with E-state index in [2.05, 4.69) is 22.9 Å². The van der Waals surface area contributed by atoms with Gasteiger partial charge in [-0.25, -0.2) is 0 Å². The Balaban J connectivity index is 2.30. The Kier molecular flexibility index (Phi) is 3.17. The van der Waals surface area contributed by atoms with Gasteiger partial charge in [0.1, 0.15) is 0 Å². The first-order valence-corrected chi connectivity index (χ1v) is 6.40. The summed E-state index contributed by atoms with van der Waals surface area (Å²) in [7, 11) is 0. The monoisotopic (exact) mass is 268 g/mol. The third-order valence-corrected chi connectivity index (χ3v) is 4.13. The predicted octanol–water partition coefficient (Wildman–Crippen LogP) is 3.85. The van der Waals surface area contributed by atoms with Crippen LogP contribution in [0.1, 0.15) is 38.2 Å². The molecule has 1 fully saturated rings. The molecule has 0 saturated heterocycles. The van der Waals surface area contributed by atoms with Crippen LogP contribution in [-0.4, -0.2) is 5.11 Å². The molecule has 0 bridgehead atoms. The maximum atomic E-state index is 10.7. The third kappa shape index (κ3) is 2.11. The SMILES string of the molecule is CC1CCCCC1(O)c1ccc(Br)cc1. The van der Waals surface area contributed by atoms with Gasteiger partial charge in [-0.2, -0.15) is 0 Å². The van der Waals surface area contributed by atoms with E-state index in [9.17, 15) is 5.11 Å². The summed E-state index contributed by atoms with van der Waals surface area (Å²) in [6.45, 7) is 2.15. The van der Waals surface area contributed by atoms with Gasteiger partial charge in [-0.15, -0.1) is 0 Å². The molecule has 2 unspecified atom stereocenters. The average molecular weight is 269 g/mol. The van der Waals surface area contributed by atoms with Crippen LogP contribution in [0, 0.1) is 5.92 Å². The Morgan fingerprint density at radius 3 is 2.53 bits per heavy atom. The largest absolute Gasteiger partial charge is 0.385 e. The summed E-state index contributed by atoms with van der Waals surface area (Å²) >= 11 is 3.42. The van der Waals surface area contributed by atoms with E-state index >= 15 is 0 Å². The van der Waals surface area contributed by atoms with Gasteiger partial charge in [0, 0.05) is 4.47 Å². The third-order valence-electron chi connectivity index (χ3n) is 3.60. The minimum Gasteiger partial charge on any atom is -0.385 e. The van der Waals surface area contributed by atoms with Crippen molar-refractivity contribution in [1.29, 1.82) is 0 Å². The van der Waals surface area contributed by atoms with Crippen LogP contribution in [0.5, 0.6) is 0 Å². The molecule has 0 amide bonds. The molecule has 2 atom stereocenters. The summed E-state index contributed by atoms with van der Waals surface area (Å²) in [5, 5.41) is 10.7. The average Bonchev–Trinajstić information content (AvgIpc) is 2.23. The fourth-order valence-corrected chi connectivity index (χ4v) is 2.76. The molecule has 0 aromatic heterocycles. The second kappa shape index (κ2) is 4.26. The van der Waals surface area contributed by atoms with E-state index < -0.39 is 5.60 Å². The van der Waals surface area contributed by atoms with Crippen molar-refractivity contribution in [1.82, 2.24) is 0 Å². The zero-order chi connectivity index (χ0) is 10.9. The topological polar surface area (TPSA) is 20.2 Å². The Labute approximate surface area is 99.6 Å². The summed E-state index contributed by atoms with van der Waals surface area (Å²) in [6, 6.07) is 8.08. The van der Waals surface area contributed by atoms with E-state index in [4.69, 9.17) is 0 Å². The molecule has 1 saturated carbocycles. The highest BCUT2D eigenvalue weighted by Crippen LogP contribution is 2.41. The van der Waals surface area contributed by atoms with Crippen molar-refractivity contribution in [3.63, 3.8) is 0 Å². The van der Waals surface area contributed by atoms with Gasteiger partial charge in [-0.1, -0.05) is 47.8 Å². The molecule has 0 heterocycles. The predicted molar refractivity (Wildman–Crippen MR) is 65.7 cm³/mol. The number of halogens is 1. The standard InChI is InChI=1S/C13H17BrO/c1-10-4-2-3-9-13(10,15)11-5-7-12(14)8-6-11/h5-8,10,15H,2-4,9H2,1H3. The fourth-order valence-electron chi connectivity index (χ4n) is 2.50. The maximum Gasteiger partial charge on any atom is 0.0921 e. The summed E-state index contributed by atoms with van der Waals surface area (Å²) in [5.41, 5.74) is 0.469. The van der Waals surface area contributed by atoms with Gasteiger partial charge in [-0.3, -0.25) is 0 Å². The highest BCUT2D eigenvalue weighted by molar-refractivity contribution is 9.10. The number of aliphatic hydroxyl groups is 1. The maximum absolute atomic E-state index is 10.7. The summed E-state index contributed by atoms with van der Waals surface area (Å²) in [5.74, 6) is 0.368. The molecule has 1 aromatic carbocycles. The molecule has 2 rings (SSSR count). The Morgan fingerprint density at radius 1 is 1.27 bits per heavy atom. The van der Waals surface area contributed by atoms with Gasteiger partial charge < -0.3 is 5.11 Å². The van der Waals surface area contributed by atoms with Crippen LogP contribution >= 0.6 is 15.9 Å².